The lowest BCUT2D eigenvalue weighted by molar-refractivity contribution is -0.00209. The topological polar surface area (TPSA) is 143 Å². The third-order valence-corrected chi connectivity index (χ3v) is 2.52. The summed E-state index contributed by atoms with van der Waals surface area (Å²) in [4.78, 5) is 12.7. The van der Waals surface area contributed by atoms with Gasteiger partial charge in [-0.2, -0.15) is 13.2 Å². The molecule has 0 aliphatic carbocycles. The van der Waals surface area contributed by atoms with E-state index in [2.05, 4.69) is 15.3 Å². The van der Waals surface area contributed by atoms with Crippen molar-refractivity contribution in [2.24, 2.45) is 5.73 Å². The first-order chi connectivity index (χ1) is 6.29. The third kappa shape index (κ3) is 3.99. The second-order valence-electron chi connectivity index (χ2n) is 2.39. The number of ether oxygens (including phenoxy) is 1. The maximum Gasteiger partial charge on any atom is 0.404 e. The molecule has 9 heteroatoms. The van der Waals surface area contributed by atoms with E-state index >= 15 is 0 Å². The van der Waals surface area contributed by atoms with E-state index in [0.29, 0.717) is 6.21 Å². The maximum absolute atomic E-state index is 10.7. The van der Waals surface area contributed by atoms with Crippen LogP contribution >= 0.6 is 0 Å². The van der Waals surface area contributed by atoms with Crippen LogP contribution in [0.3, 0.4) is 0 Å². The minimum absolute atomic E-state index is 0.517. The Kier molecular flexibility index (Phi) is 4.22. The van der Waals surface area contributed by atoms with Gasteiger partial charge in [-0.3, -0.25) is 4.55 Å². The minimum atomic E-state index is -4.51. The number of hydrogen-bond acceptors (Lipinski definition) is 4. The second-order valence-corrected chi connectivity index (χ2v) is 3.96. The Balaban J connectivity index is 4.85. The van der Waals surface area contributed by atoms with Gasteiger partial charge in [0.25, 0.3) is 16.3 Å². The second kappa shape index (κ2) is 4.70. The number of primary amides is 1. The monoisotopic (exact) mass is 223 g/mol. The Hall–Kier alpha value is -1.44. The van der Waals surface area contributed by atoms with Gasteiger partial charge in [0.05, 0.1) is 0 Å². The predicted molar refractivity (Wildman–Crippen MR) is 45.2 cm³/mol. The molecule has 0 aliphatic heterocycles. The van der Waals surface area contributed by atoms with Crippen LogP contribution in [0.15, 0.2) is 0 Å². The number of nitrogens with zero attached hydrogens (tertiary/aromatic N) is 2. The number of carbonyl (C=O) groups excluding carboxylic acids is 1. The average molecular weight is 223 g/mol. The molecule has 3 N–H and O–H groups in total. The Morgan fingerprint density at radius 1 is 1.71 bits per heavy atom. The molecule has 0 aromatic rings. The first kappa shape index (κ1) is 12.6. The molecule has 0 aromatic heterocycles. The van der Waals surface area contributed by atoms with Crippen molar-refractivity contribution in [1.82, 2.24) is 0 Å². The smallest absolute Gasteiger partial charge is 0.404 e. The molecule has 0 aliphatic rings. The molecular formula is C5H9N3O5S. The Labute approximate surface area is 80.0 Å². The van der Waals surface area contributed by atoms with Crippen molar-refractivity contribution in [3.63, 3.8) is 0 Å². The van der Waals surface area contributed by atoms with Gasteiger partial charge in [0, 0.05) is 0 Å². The van der Waals surface area contributed by atoms with Crippen LogP contribution in [0.4, 0.5) is 4.79 Å². The maximum atomic E-state index is 10.7. The quantitative estimate of drug-likeness (QED) is 0.272. The molecule has 0 fully saturated rings. The zero-order chi connectivity index (χ0) is 11.4. The molecule has 14 heavy (non-hydrogen) atoms. The van der Waals surface area contributed by atoms with E-state index in [9.17, 15) is 13.2 Å². The highest BCUT2D eigenvalue weighted by Gasteiger charge is 2.33. The van der Waals surface area contributed by atoms with Gasteiger partial charge in [-0.05, 0) is 6.92 Å². The normalized spacial score (nSPS) is 15.0. The summed E-state index contributed by atoms with van der Waals surface area (Å²) < 4.78 is 34.2. The summed E-state index contributed by atoms with van der Waals surface area (Å²) in [7, 11) is -4.51. The predicted octanol–water partition coefficient (Wildman–Crippen LogP) is -0.973. The third-order valence-electron chi connectivity index (χ3n) is 1.32. The number of carbonyl (C=O) groups is 1. The SMILES string of the molecule is CC(OC(N)=O)C(C=[N+]=[N-])S(=O)(=O)O. The Bertz CT molecular complexity index is 358. The van der Waals surface area contributed by atoms with Crippen molar-refractivity contribution in [3.8, 4) is 0 Å². The van der Waals surface area contributed by atoms with Crippen LogP contribution in [-0.4, -0.2) is 41.4 Å². The lowest BCUT2D eigenvalue weighted by Crippen LogP contribution is -2.38. The molecular weight excluding hydrogens is 214 g/mol. The van der Waals surface area contributed by atoms with Gasteiger partial charge in [-0.15, -0.1) is 0 Å². The van der Waals surface area contributed by atoms with Crippen LogP contribution in [0.1, 0.15) is 6.92 Å². The minimum Gasteiger partial charge on any atom is -0.445 e. The van der Waals surface area contributed by atoms with E-state index in [1.54, 1.807) is 0 Å². The summed E-state index contributed by atoms with van der Waals surface area (Å²) in [5.41, 5.74) is 12.7. The summed E-state index contributed by atoms with van der Waals surface area (Å²) in [6.45, 7) is 1.17. The fourth-order valence-corrected chi connectivity index (χ4v) is 1.50. The van der Waals surface area contributed by atoms with Crippen molar-refractivity contribution in [2.45, 2.75) is 18.3 Å². The van der Waals surface area contributed by atoms with Gasteiger partial charge in [0.15, 0.2) is 0 Å². The molecule has 0 saturated carbocycles. The Morgan fingerprint density at radius 2 is 2.21 bits per heavy atom. The molecule has 8 nitrogen and oxygen atoms in total. The average Bonchev–Trinajstić information content (AvgIpc) is 1.96. The summed E-state index contributed by atoms with van der Waals surface area (Å²) in [5.74, 6) is 0. The highest BCUT2D eigenvalue weighted by molar-refractivity contribution is 7.87. The van der Waals surface area contributed by atoms with Crippen molar-refractivity contribution in [3.05, 3.63) is 5.53 Å². The zero-order valence-corrected chi connectivity index (χ0v) is 8.01. The van der Waals surface area contributed by atoms with Crippen LogP contribution < -0.4 is 5.73 Å². The van der Waals surface area contributed by atoms with Crippen LogP contribution in [-0.2, 0) is 14.9 Å². The molecule has 0 spiro atoms. The fraction of sp³-hybridized carbons (Fsp3) is 0.600. The molecule has 0 saturated heterocycles. The van der Waals surface area contributed by atoms with E-state index < -0.39 is 27.6 Å². The molecule has 2 atom stereocenters. The van der Waals surface area contributed by atoms with Crippen LogP contribution in [0, 0.1) is 0 Å². The van der Waals surface area contributed by atoms with Crippen molar-refractivity contribution in [1.29, 1.82) is 0 Å². The first-order valence-corrected chi connectivity index (χ1v) is 4.89. The van der Waals surface area contributed by atoms with Gasteiger partial charge < -0.3 is 16.0 Å². The molecule has 80 valence electrons. The lowest BCUT2D eigenvalue weighted by atomic mass is 10.3. The summed E-state index contributed by atoms with van der Waals surface area (Å²) in [6, 6.07) is 0. The molecule has 0 bridgehead atoms. The number of rotatable bonds is 4. The van der Waals surface area contributed by atoms with E-state index in [4.69, 9.17) is 10.1 Å². The van der Waals surface area contributed by atoms with Gasteiger partial charge in [-0.1, -0.05) is 0 Å². The standard InChI is InChI=1S/C5H9N3O5S/c1-3(13-5(6)9)4(2-8-7)14(10,11)12/h2-4H,1H3,(H2,6,9)(H,10,11,12). The Morgan fingerprint density at radius 3 is 2.50 bits per heavy atom. The van der Waals surface area contributed by atoms with Crippen LogP contribution in [0.5, 0.6) is 0 Å². The molecule has 2 unspecified atom stereocenters. The summed E-state index contributed by atoms with van der Waals surface area (Å²) >= 11 is 0. The number of hydrogen-bond donors (Lipinski definition) is 2. The van der Waals surface area contributed by atoms with E-state index in [1.165, 1.54) is 6.92 Å². The van der Waals surface area contributed by atoms with Gasteiger partial charge in [0.1, 0.15) is 6.10 Å². The van der Waals surface area contributed by atoms with Gasteiger partial charge >= 0.3 is 6.09 Å². The zero-order valence-electron chi connectivity index (χ0n) is 7.19. The van der Waals surface area contributed by atoms with Crippen molar-refractivity contribution >= 4 is 22.4 Å². The van der Waals surface area contributed by atoms with Crippen molar-refractivity contribution in [2.75, 3.05) is 0 Å². The van der Waals surface area contributed by atoms with E-state index in [-0.39, 0.29) is 0 Å². The molecule has 1 amide bonds. The first-order valence-electron chi connectivity index (χ1n) is 3.39. The number of nitrogens with two attached hydrogens (primary N) is 1. The lowest BCUT2D eigenvalue weighted by Gasteiger charge is -2.13. The van der Waals surface area contributed by atoms with E-state index in [0.717, 1.165) is 0 Å². The highest BCUT2D eigenvalue weighted by atomic mass is 32.2. The summed E-state index contributed by atoms with van der Waals surface area (Å²) in [6.07, 6.45) is -1.93. The number of amides is 1. The van der Waals surface area contributed by atoms with Gasteiger partial charge in [0.2, 0.25) is 5.25 Å². The van der Waals surface area contributed by atoms with Crippen LogP contribution in [0.2, 0.25) is 0 Å². The fourth-order valence-electron chi connectivity index (χ4n) is 0.756. The van der Waals surface area contributed by atoms with Crippen molar-refractivity contribution < 1.29 is 27.3 Å². The molecule has 0 radical (unpaired) electrons. The van der Waals surface area contributed by atoms with Gasteiger partial charge in [-0.25, -0.2) is 4.79 Å². The van der Waals surface area contributed by atoms with Crippen LogP contribution in [0.25, 0.3) is 5.53 Å². The molecule has 0 heterocycles. The molecule has 0 rings (SSSR count). The highest BCUT2D eigenvalue weighted by Crippen LogP contribution is 2.05. The molecule has 0 aromatic carbocycles. The largest absolute Gasteiger partial charge is 0.445 e. The summed E-state index contributed by atoms with van der Waals surface area (Å²) in [5, 5.41) is -1.65. The van der Waals surface area contributed by atoms with E-state index in [1.807, 2.05) is 0 Å².